The number of benzene rings is 1. The monoisotopic (exact) mass is 563 g/mol. The minimum atomic E-state index is -4.32. The van der Waals surface area contributed by atoms with Gasteiger partial charge in [0.25, 0.3) is 0 Å². The molecule has 2 fully saturated rings. The highest BCUT2D eigenvalue weighted by Crippen LogP contribution is 2.33. The lowest BCUT2D eigenvalue weighted by molar-refractivity contribution is -0.137. The van der Waals surface area contributed by atoms with Gasteiger partial charge in [-0.2, -0.15) is 13.2 Å². The molecule has 176 valence electrons. The Morgan fingerprint density at radius 2 is 2.06 bits per heavy atom. The van der Waals surface area contributed by atoms with Crippen LogP contribution in [0.5, 0.6) is 0 Å². The highest BCUT2D eigenvalue weighted by molar-refractivity contribution is 14.0. The molecule has 1 aromatic heterocycles. The van der Waals surface area contributed by atoms with Gasteiger partial charge in [0.1, 0.15) is 5.76 Å². The van der Waals surface area contributed by atoms with Crippen LogP contribution in [0.25, 0.3) is 0 Å². The van der Waals surface area contributed by atoms with E-state index in [1.807, 2.05) is 12.1 Å². The molecule has 2 unspecified atom stereocenters. The summed E-state index contributed by atoms with van der Waals surface area (Å²) in [7, 11) is 0. The maximum atomic E-state index is 13.1. The highest BCUT2D eigenvalue weighted by atomic mass is 127. The van der Waals surface area contributed by atoms with E-state index in [0.717, 1.165) is 62.4 Å². The van der Waals surface area contributed by atoms with Crippen molar-refractivity contribution in [3.8, 4) is 0 Å². The number of furan rings is 1. The smallest absolute Gasteiger partial charge is 0.416 e. The van der Waals surface area contributed by atoms with Gasteiger partial charge in [0, 0.05) is 51.0 Å². The minimum Gasteiger partial charge on any atom is -0.469 e. The van der Waals surface area contributed by atoms with Crippen LogP contribution >= 0.6 is 24.0 Å². The van der Waals surface area contributed by atoms with Crippen LogP contribution in [-0.4, -0.2) is 50.3 Å². The largest absolute Gasteiger partial charge is 0.469 e. The number of guanidine groups is 1. The molecule has 0 amide bonds. The number of ether oxygens (including phenoxy) is 1. The van der Waals surface area contributed by atoms with Crippen LogP contribution in [0.4, 0.5) is 13.2 Å². The molecule has 2 aliphatic rings. The van der Waals surface area contributed by atoms with E-state index in [-0.39, 0.29) is 29.9 Å². The van der Waals surface area contributed by atoms with E-state index in [0.29, 0.717) is 25.6 Å². The van der Waals surface area contributed by atoms with Crippen molar-refractivity contribution in [1.82, 2.24) is 10.2 Å². The maximum Gasteiger partial charge on any atom is 0.416 e. The molecule has 2 aromatic rings. The molecule has 0 bridgehead atoms. The minimum absolute atomic E-state index is 0. The van der Waals surface area contributed by atoms with Crippen LogP contribution in [0.3, 0.4) is 0 Å². The lowest BCUT2D eigenvalue weighted by atomic mass is 9.96. The second-order valence-electron chi connectivity index (χ2n) is 8.20. The predicted octanol–water partition coefficient (Wildman–Crippen LogP) is 4.93. The van der Waals surface area contributed by atoms with Gasteiger partial charge in [-0.15, -0.1) is 24.0 Å². The molecule has 2 aliphatic heterocycles. The fourth-order valence-electron chi connectivity index (χ4n) is 4.16. The van der Waals surface area contributed by atoms with E-state index in [9.17, 15) is 13.2 Å². The maximum absolute atomic E-state index is 13.1. The molecule has 4 rings (SSSR count). The Morgan fingerprint density at radius 3 is 2.78 bits per heavy atom. The molecule has 3 heterocycles. The molecule has 0 radical (unpaired) electrons. The summed E-state index contributed by atoms with van der Waals surface area (Å²) in [6, 6.07) is 9.50. The zero-order valence-electron chi connectivity index (χ0n) is 17.8. The third-order valence-electron chi connectivity index (χ3n) is 5.93. The molecule has 0 aliphatic carbocycles. The molecule has 2 saturated heterocycles. The first kappa shape index (κ1) is 24.9. The summed E-state index contributed by atoms with van der Waals surface area (Å²) in [6.45, 7) is 4.29. The van der Waals surface area contributed by atoms with E-state index in [4.69, 9.17) is 14.1 Å². The van der Waals surface area contributed by atoms with Gasteiger partial charge < -0.3 is 19.4 Å². The van der Waals surface area contributed by atoms with Gasteiger partial charge >= 0.3 is 6.18 Å². The Hall–Kier alpha value is -1.75. The van der Waals surface area contributed by atoms with Crippen molar-refractivity contribution in [3.05, 3.63) is 59.5 Å². The van der Waals surface area contributed by atoms with Gasteiger partial charge in [0.15, 0.2) is 5.96 Å². The number of hydrogen-bond acceptors (Lipinski definition) is 3. The van der Waals surface area contributed by atoms with Gasteiger partial charge in [0.05, 0.1) is 18.4 Å². The molecule has 1 aromatic carbocycles. The first-order valence-electron chi connectivity index (χ1n) is 10.8. The molecule has 5 nitrogen and oxygen atoms in total. The zero-order valence-corrected chi connectivity index (χ0v) is 20.1. The summed E-state index contributed by atoms with van der Waals surface area (Å²) in [4.78, 5) is 6.99. The third-order valence-corrected chi connectivity index (χ3v) is 5.93. The molecule has 0 spiro atoms. The van der Waals surface area contributed by atoms with Crippen molar-refractivity contribution in [2.24, 2.45) is 10.9 Å². The molecule has 1 N–H and O–H groups in total. The van der Waals surface area contributed by atoms with E-state index in [1.54, 1.807) is 12.3 Å². The molecule has 0 saturated carbocycles. The number of aliphatic imine (C=N–C) groups is 1. The fraction of sp³-hybridized carbons (Fsp3) is 0.522. The molecule has 2 atom stereocenters. The Morgan fingerprint density at radius 1 is 1.19 bits per heavy atom. The van der Waals surface area contributed by atoms with Crippen molar-refractivity contribution < 1.29 is 22.3 Å². The van der Waals surface area contributed by atoms with Crippen LogP contribution < -0.4 is 5.32 Å². The van der Waals surface area contributed by atoms with Gasteiger partial charge in [-0.3, -0.25) is 4.99 Å². The predicted molar refractivity (Wildman–Crippen MR) is 127 cm³/mol. The molecular weight excluding hydrogens is 534 g/mol. The third kappa shape index (κ3) is 6.63. The fourth-order valence-corrected chi connectivity index (χ4v) is 4.16. The Bertz CT molecular complexity index is 868. The summed E-state index contributed by atoms with van der Waals surface area (Å²) in [5.74, 6) is 2.19. The van der Waals surface area contributed by atoms with Crippen molar-refractivity contribution >= 4 is 29.9 Å². The van der Waals surface area contributed by atoms with Crippen LogP contribution in [0.1, 0.15) is 35.6 Å². The van der Waals surface area contributed by atoms with E-state index < -0.39 is 11.7 Å². The summed E-state index contributed by atoms with van der Waals surface area (Å²) >= 11 is 0. The first-order valence-corrected chi connectivity index (χ1v) is 10.8. The van der Waals surface area contributed by atoms with Crippen LogP contribution in [-0.2, 0) is 17.3 Å². The van der Waals surface area contributed by atoms with Gasteiger partial charge in [0.2, 0.25) is 0 Å². The number of hydrogen-bond donors (Lipinski definition) is 1. The Labute approximate surface area is 203 Å². The van der Waals surface area contributed by atoms with Gasteiger partial charge in [-0.05, 0) is 36.6 Å². The van der Waals surface area contributed by atoms with Crippen LogP contribution in [0.2, 0.25) is 0 Å². The molecule has 9 heteroatoms. The van der Waals surface area contributed by atoms with Crippen LogP contribution in [0, 0.1) is 5.92 Å². The highest BCUT2D eigenvalue weighted by Gasteiger charge is 2.32. The van der Waals surface area contributed by atoms with E-state index in [2.05, 4.69) is 10.2 Å². The van der Waals surface area contributed by atoms with E-state index >= 15 is 0 Å². The van der Waals surface area contributed by atoms with Crippen molar-refractivity contribution in [2.45, 2.75) is 31.4 Å². The summed E-state index contributed by atoms with van der Waals surface area (Å²) in [5.41, 5.74) is 0.145. The second-order valence-corrected chi connectivity index (χ2v) is 8.20. The number of likely N-dealkylation sites (tertiary alicyclic amines) is 1. The van der Waals surface area contributed by atoms with Crippen molar-refractivity contribution in [2.75, 3.05) is 39.4 Å². The Balaban J connectivity index is 0.00000289. The Kier molecular flexibility index (Phi) is 8.87. The van der Waals surface area contributed by atoms with Crippen LogP contribution in [0.15, 0.2) is 52.1 Å². The second kappa shape index (κ2) is 11.4. The lowest BCUT2D eigenvalue weighted by Crippen LogP contribution is -2.41. The standard InChI is InChI=1S/C23H28F3N3O2.HI/c24-23(25,26)20-4-1-3-18(13-20)19-7-10-29(15-19)22(28-14-17-8-12-30-16-17)27-9-6-21-5-2-11-31-21;/h1-5,11,13,17,19H,6-10,12,14-16H2,(H,27,28);1H. The number of halogens is 4. The average molecular weight is 563 g/mol. The van der Waals surface area contributed by atoms with Crippen molar-refractivity contribution in [3.63, 3.8) is 0 Å². The summed E-state index contributed by atoms with van der Waals surface area (Å²) < 4.78 is 50.2. The molecular formula is C23H29F3IN3O2. The molecule has 32 heavy (non-hydrogen) atoms. The summed E-state index contributed by atoms with van der Waals surface area (Å²) in [6.07, 6.45) is -0.117. The number of rotatable bonds is 6. The SMILES string of the molecule is FC(F)(F)c1cccc(C2CCN(C(=NCC3CCOC3)NCCc3ccco3)C2)c1.I. The number of nitrogens with zero attached hydrogens (tertiary/aromatic N) is 2. The van der Waals surface area contributed by atoms with Gasteiger partial charge in [-0.1, -0.05) is 18.2 Å². The summed E-state index contributed by atoms with van der Waals surface area (Å²) in [5, 5.41) is 3.43. The van der Waals surface area contributed by atoms with Crippen molar-refractivity contribution in [1.29, 1.82) is 0 Å². The average Bonchev–Trinajstić information content (AvgIpc) is 3.53. The zero-order chi connectivity index (χ0) is 21.7. The first-order chi connectivity index (χ1) is 15.0. The lowest BCUT2D eigenvalue weighted by Gasteiger charge is -2.23. The quantitative estimate of drug-likeness (QED) is 0.308. The normalized spacial score (nSPS) is 21.6. The number of nitrogens with one attached hydrogen (secondary N) is 1. The van der Waals surface area contributed by atoms with Gasteiger partial charge in [-0.25, -0.2) is 0 Å². The number of alkyl halides is 3. The van der Waals surface area contributed by atoms with E-state index in [1.165, 1.54) is 12.1 Å². The topological polar surface area (TPSA) is 50.0 Å².